The summed E-state index contributed by atoms with van der Waals surface area (Å²) in [5, 5.41) is 1.10. The first-order valence-corrected chi connectivity index (χ1v) is 8.72. The second kappa shape index (κ2) is 6.62. The van der Waals surface area contributed by atoms with Gasteiger partial charge in [-0.3, -0.25) is 9.36 Å². The number of nitrogens with zero attached hydrogens (tertiary/aromatic N) is 2. The minimum absolute atomic E-state index is 0.0992. The summed E-state index contributed by atoms with van der Waals surface area (Å²) < 4.78 is 1.69. The number of halogens is 1. The summed E-state index contributed by atoms with van der Waals surface area (Å²) in [6.45, 7) is 6.40. The Kier molecular flexibility index (Phi) is 4.67. The Bertz CT molecular complexity index is 962. The highest BCUT2D eigenvalue weighted by atomic mass is 35.5. The Morgan fingerprint density at radius 1 is 1.20 bits per heavy atom. The Labute approximate surface area is 152 Å². The molecule has 0 spiro atoms. The van der Waals surface area contributed by atoms with Crippen molar-refractivity contribution < 1.29 is 0 Å². The highest BCUT2D eigenvalue weighted by Gasteiger charge is 2.31. The molecule has 0 aliphatic rings. The van der Waals surface area contributed by atoms with E-state index < -0.39 is 5.54 Å². The first-order chi connectivity index (χ1) is 11.8. The average molecular weight is 356 g/mol. The van der Waals surface area contributed by atoms with Gasteiger partial charge in [-0.05, 0) is 36.6 Å². The van der Waals surface area contributed by atoms with Gasteiger partial charge in [-0.2, -0.15) is 0 Å². The molecule has 25 heavy (non-hydrogen) atoms. The van der Waals surface area contributed by atoms with Gasteiger partial charge in [0.2, 0.25) is 0 Å². The fourth-order valence-corrected chi connectivity index (χ4v) is 2.94. The van der Waals surface area contributed by atoms with E-state index in [0.717, 1.165) is 5.56 Å². The van der Waals surface area contributed by atoms with Gasteiger partial charge in [-0.15, -0.1) is 0 Å². The maximum Gasteiger partial charge on any atom is 0.261 e. The van der Waals surface area contributed by atoms with Gasteiger partial charge in [-0.25, -0.2) is 4.98 Å². The predicted molar refractivity (Wildman–Crippen MR) is 103 cm³/mol. The Balaban J connectivity index is 2.30. The summed E-state index contributed by atoms with van der Waals surface area (Å²) in [5.41, 5.74) is 7.34. The monoisotopic (exact) mass is 355 g/mol. The summed E-state index contributed by atoms with van der Waals surface area (Å²) in [5.74, 6) is 0.684. The third kappa shape index (κ3) is 3.32. The number of nitrogens with two attached hydrogens (primary N) is 1. The smallest absolute Gasteiger partial charge is 0.261 e. The van der Waals surface area contributed by atoms with Gasteiger partial charge < -0.3 is 5.73 Å². The summed E-state index contributed by atoms with van der Waals surface area (Å²) >= 11 is 6.09. The van der Waals surface area contributed by atoms with Crippen molar-refractivity contribution in [1.29, 1.82) is 0 Å². The lowest BCUT2D eigenvalue weighted by molar-refractivity contribution is 0.316. The Morgan fingerprint density at radius 3 is 2.52 bits per heavy atom. The number of rotatable bonds is 4. The lowest BCUT2D eigenvalue weighted by atomic mass is 9.88. The maximum atomic E-state index is 13.2. The predicted octanol–water partition coefficient (Wildman–Crippen LogP) is 3.93. The molecule has 2 N–H and O–H groups in total. The molecule has 0 bridgehead atoms. The highest BCUT2D eigenvalue weighted by Crippen LogP contribution is 2.26. The molecule has 0 aliphatic heterocycles. The number of hydrogen-bond acceptors (Lipinski definition) is 3. The number of benzene rings is 2. The Morgan fingerprint density at radius 2 is 1.88 bits per heavy atom. The molecular weight excluding hydrogens is 334 g/mol. The molecule has 3 rings (SSSR count). The molecule has 0 saturated carbocycles. The SMILES string of the molecule is CC(C)C(C)(N)c1nc2cc(Cl)ccc2c(=O)n1Cc1ccccc1. The molecule has 4 nitrogen and oxygen atoms in total. The topological polar surface area (TPSA) is 60.9 Å². The van der Waals surface area contributed by atoms with E-state index in [2.05, 4.69) is 0 Å². The summed E-state index contributed by atoms with van der Waals surface area (Å²) in [7, 11) is 0. The first kappa shape index (κ1) is 17.6. The lowest BCUT2D eigenvalue weighted by Crippen LogP contribution is -2.45. The van der Waals surface area contributed by atoms with Crippen molar-refractivity contribution in [3.63, 3.8) is 0 Å². The van der Waals surface area contributed by atoms with E-state index in [1.165, 1.54) is 0 Å². The molecule has 0 aliphatic carbocycles. The maximum absolute atomic E-state index is 13.2. The standard InChI is InChI=1S/C20H22ClN3O/c1-13(2)20(3,22)19-23-17-11-15(21)9-10-16(17)18(25)24(19)12-14-7-5-4-6-8-14/h4-11,13H,12,22H2,1-3H3. The third-order valence-electron chi connectivity index (χ3n) is 4.78. The van der Waals surface area contributed by atoms with E-state index in [-0.39, 0.29) is 11.5 Å². The van der Waals surface area contributed by atoms with Crippen LogP contribution in [0.4, 0.5) is 0 Å². The van der Waals surface area contributed by atoms with Crippen LogP contribution in [-0.4, -0.2) is 9.55 Å². The van der Waals surface area contributed by atoms with Gasteiger partial charge in [0.15, 0.2) is 0 Å². The molecule has 1 aromatic heterocycles. The van der Waals surface area contributed by atoms with E-state index in [4.69, 9.17) is 22.3 Å². The van der Waals surface area contributed by atoms with Gasteiger partial charge in [0.25, 0.3) is 5.56 Å². The van der Waals surface area contributed by atoms with Crippen LogP contribution in [-0.2, 0) is 12.1 Å². The van der Waals surface area contributed by atoms with E-state index >= 15 is 0 Å². The van der Waals surface area contributed by atoms with Gasteiger partial charge in [0.1, 0.15) is 5.82 Å². The van der Waals surface area contributed by atoms with Crippen LogP contribution >= 0.6 is 11.6 Å². The minimum atomic E-state index is -0.746. The molecule has 130 valence electrons. The van der Waals surface area contributed by atoms with E-state index in [1.54, 1.807) is 22.8 Å². The molecule has 0 saturated heterocycles. The number of aromatic nitrogens is 2. The quantitative estimate of drug-likeness (QED) is 0.771. The molecule has 1 unspecified atom stereocenters. The van der Waals surface area contributed by atoms with Crippen molar-refractivity contribution in [2.45, 2.75) is 32.9 Å². The average Bonchev–Trinajstić information content (AvgIpc) is 2.57. The zero-order chi connectivity index (χ0) is 18.2. The molecule has 0 radical (unpaired) electrons. The Hall–Kier alpha value is -2.17. The molecule has 0 amide bonds. The van der Waals surface area contributed by atoms with Crippen molar-refractivity contribution in [2.75, 3.05) is 0 Å². The van der Waals surface area contributed by atoms with E-state index in [0.29, 0.717) is 28.3 Å². The van der Waals surface area contributed by atoms with Crippen LogP contribution in [0.2, 0.25) is 5.02 Å². The molecule has 1 atom stereocenters. The van der Waals surface area contributed by atoms with Gasteiger partial charge in [-0.1, -0.05) is 55.8 Å². The first-order valence-electron chi connectivity index (χ1n) is 8.34. The zero-order valence-electron chi connectivity index (χ0n) is 14.7. The van der Waals surface area contributed by atoms with Crippen LogP contribution < -0.4 is 11.3 Å². The van der Waals surface area contributed by atoms with Crippen LogP contribution in [0.15, 0.2) is 53.3 Å². The molecule has 3 aromatic rings. The summed E-state index contributed by atoms with van der Waals surface area (Å²) in [4.78, 5) is 17.9. The van der Waals surface area contributed by atoms with Crippen molar-refractivity contribution in [3.8, 4) is 0 Å². The van der Waals surface area contributed by atoms with Gasteiger partial charge in [0, 0.05) is 5.02 Å². The van der Waals surface area contributed by atoms with Gasteiger partial charge in [0.05, 0.1) is 23.0 Å². The van der Waals surface area contributed by atoms with Crippen LogP contribution in [0.5, 0.6) is 0 Å². The molecule has 5 heteroatoms. The molecule has 1 heterocycles. The lowest BCUT2D eigenvalue weighted by Gasteiger charge is -2.31. The largest absolute Gasteiger partial charge is 0.319 e. The molecular formula is C20H22ClN3O. The van der Waals surface area contributed by atoms with E-state index in [1.807, 2.05) is 51.1 Å². The highest BCUT2D eigenvalue weighted by molar-refractivity contribution is 6.31. The van der Waals surface area contributed by atoms with Crippen molar-refractivity contribution >= 4 is 22.5 Å². The van der Waals surface area contributed by atoms with Crippen LogP contribution in [0.3, 0.4) is 0 Å². The summed E-state index contributed by atoms with van der Waals surface area (Å²) in [6, 6.07) is 15.0. The van der Waals surface area contributed by atoms with Crippen LogP contribution in [0.25, 0.3) is 10.9 Å². The third-order valence-corrected chi connectivity index (χ3v) is 5.02. The number of fused-ring (bicyclic) bond motifs is 1. The second-order valence-corrected chi connectivity index (χ2v) is 7.35. The second-order valence-electron chi connectivity index (χ2n) is 6.91. The van der Waals surface area contributed by atoms with Crippen molar-refractivity contribution in [1.82, 2.24) is 9.55 Å². The van der Waals surface area contributed by atoms with Crippen molar-refractivity contribution in [2.24, 2.45) is 11.7 Å². The minimum Gasteiger partial charge on any atom is -0.319 e. The van der Waals surface area contributed by atoms with E-state index in [9.17, 15) is 4.79 Å². The molecule has 0 fully saturated rings. The zero-order valence-corrected chi connectivity index (χ0v) is 15.4. The van der Waals surface area contributed by atoms with Gasteiger partial charge >= 0.3 is 0 Å². The van der Waals surface area contributed by atoms with Crippen molar-refractivity contribution in [3.05, 3.63) is 75.3 Å². The summed E-state index contributed by atoms with van der Waals surface area (Å²) in [6.07, 6.45) is 0. The fraction of sp³-hybridized carbons (Fsp3) is 0.300. The van der Waals surface area contributed by atoms with Crippen LogP contribution in [0, 0.1) is 5.92 Å². The van der Waals surface area contributed by atoms with Crippen LogP contribution in [0.1, 0.15) is 32.2 Å². The molecule has 2 aromatic carbocycles. The number of hydrogen-bond donors (Lipinski definition) is 1. The normalized spacial score (nSPS) is 14.0. The fourth-order valence-electron chi connectivity index (χ4n) is 2.78.